The fourth-order valence-electron chi connectivity index (χ4n) is 3.29. The number of ether oxygens (including phenoxy) is 2. The lowest BCUT2D eigenvalue weighted by atomic mass is 9.84. The van der Waals surface area contributed by atoms with Gasteiger partial charge in [-0.1, -0.05) is 0 Å². The van der Waals surface area contributed by atoms with Gasteiger partial charge in [0.1, 0.15) is 5.60 Å². The van der Waals surface area contributed by atoms with E-state index in [1.165, 1.54) is 0 Å². The van der Waals surface area contributed by atoms with E-state index in [2.05, 4.69) is 5.32 Å². The molecule has 1 fully saturated rings. The molecule has 0 bridgehead atoms. The molecule has 2 aliphatic rings. The number of nitrogens with zero attached hydrogens (tertiary/aromatic N) is 1. The van der Waals surface area contributed by atoms with E-state index < -0.39 is 17.2 Å². The second-order valence-corrected chi connectivity index (χ2v) is 7.59. The van der Waals surface area contributed by atoms with Gasteiger partial charge >= 0.3 is 6.09 Å². The van der Waals surface area contributed by atoms with Crippen LogP contribution in [-0.2, 0) is 14.3 Å². The number of rotatable bonds is 4. The van der Waals surface area contributed by atoms with E-state index in [9.17, 15) is 9.59 Å². The first-order valence-corrected chi connectivity index (χ1v) is 8.65. The van der Waals surface area contributed by atoms with Crippen LogP contribution in [0.2, 0.25) is 0 Å². The maximum Gasteiger partial charge on any atom is 0.410 e. The predicted molar refractivity (Wildman–Crippen MR) is 94.4 cm³/mol. The van der Waals surface area contributed by atoms with E-state index in [-0.39, 0.29) is 6.09 Å². The van der Waals surface area contributed by atoms with E-state index >= 15 is 0 Å². The van der Waals surface area contributed by atoms with Gasteiger partial charge in [-0.05, 0) is 57.9 Å². The Bertz CT molecular complexity index is 571. The second kappa shape index (κ2) is 7.47. The third-order valence-electron chi connectivity index (χ3n) is 4.57. The van der Waals surface area contributed by atoms with Crippen molar-refractivity contribution in [2.45, 2.75) is 51.4 Å². The molecule has 140 valence electrons. The molecule has 0 aromatic heterocycles. The lowest BCUT2D eigenvalue weighted by Gasteiger charge is -2.40. The highest BCUT2D eigenvalue weighted by molar-refractivity contribution is 5.94. The Balaban J connectivity index is 1.97. The number of hydrogen-bond donors (Lipinski definition) is 2. The molecular formula is C18H29N3O4. The zero-order valence-electron chi connectivity index (χ0n) is 15.5. The first kappa shape index (κ1) is 19.3. The molecule has 3 N–H and O–H groups in total. The van der Waals surface area contributed by atoms with Gasteiger partial charge in [-0.25, -0.2) is 4.79 Å². The van der Waals surface area contributed by atoms with Crippen molar-refractivity contribution in [2.75, 3.05) is 20.2 Å². The van der Waals surface area contributed by atoms with Crippen LogP contribution in [0.4, 0.5) is 4.79 Å². The summed E-state index contributed by atoms with van der Waals surface area (Å²) < 4.78 is 11.1. The Morgan fingerprint density at radius 3 is 2.52 bits per heavy atom. The van der Waals surface area contributed by atoms with Crippen molar-refractivity contribution in [3.8, 4) is 0 Å². The van der Waals surface area contributed by atoms with Crippen LogP contribution < -0.4 is 11.1 Å². The van der Waals surface area contributed by atoms with Crippen molar-refractivity contribution in [3.05, 3.63) is 23.9 Å². The second-order valence-electron chi connectivity index (χ2n) is 7.59. The number of hydrogen-bond acceptors (Lipinski definition) is 5. The van der Waals surface area contributed by atoms with E-state index in [4.69, 9.17) is 15.2 Å². The lowest BCUT2D eigenvalue weighted by Crippen LogP contribution is -2.53. The Morgan fingerprint density at radius 2 is 2.00 bits per heavy atom. The molecule has 0 saturated carbocycles. The van der Waals surface area contributed by atoms with Crippen molar-refractivity contribution in [1.82, 2.24) is 10.2 Å². The molecule has 0 aromatic carbocycles. The number of nitrogens with one attached hydrogen (secondary N) is 1. The maximum absolute atomic E-state index is 12.2. The first-order chi connectivity index (χ1) is 11.7. The molecular weight excluding hydrogens is 322 g/mol. The van der Waals surface area contributed by atoms with Crippen molar-refractivity contribution in [3.63, 3.8) is 0 Å². The van der Waals surface area contributed by atoms with E-state index in [0.717, 1.165) is 12.8 Å². The molecule has 2 amide bonds. The Morgan fingerprint density at radius 1 is 1.36 bits per heavy atom. The number of allylic oxidation sites excluding steroid dienone is 2. The monoisotopic (exact) mass is 351 g/mol. The summed E-state index contributed by atoms with van der Waals surface area (Å²) in [6.45, 7) is 6.84. The molecule has 0 aromatic rings. The quantitative estimate of drug-likeness (QED) is 0.807. The third-order valence-corrected chi connectivity index (χ3v) is 4.57. The van der Waals surface area contributed by atoms with Crippen LogP contribution in [0.3, 0.4) is 0 Å². The fraction of sp³-hybridized carbons (Fsp3) is 0.667. The number of dihydropyridines is 1. The zero-order valence-corrected chi connectivity index (χ0v) is 15.5. The topological polar surface area (TPSA) is 93.9 Å². The van der Waals surface area contributed by atoms with Gasteiger partial charge < -0.3 is 25.4 Å². The van der Waals surface area contributed by atoms with Crippen LogP contribution in [0.1, 0.15) is 40.0 Å². The molecule has 0 radical (unpaired) electrons. The molecule has 1 unspecified atom stereocenters. The summed E-state index contributed by atoms with van der Waals surface area (Å²) in [5.41, 5.74) is 4.54. The van der Waals surface area contributed by atoms with Gasteiger partial charge in [0.2, 0.25) is 5.91 Å². The number of amides is 2. The lowest BCUT2D eigenvalue weighted by molar-refractivity contribution is -0.118. The zero-order chi connectivity index (χ0) is 18.7. The molecule has 1 saturated heterocycles. The number of methoxy groups -OCH3 is 1. The summed E-state index contributed by atoms with van der Waals surface area (Å²) in [7, 11) is 1.57. The summed E-state index contributed by atoms with van der Waals surface area (Å²) in [6.07, 6.45) is 7.17. The highest BCUT2D eigenvalue weighted by atomic mass is 16.6. The van der Waals surface area contributed by atoms with Crippen LogP contribution >= 0.6 is 0 Å². The van der Waals surface area contributed by atoms with Crippen molar-refractivity contribution < 1.29 is 19.1 Å². The Kier molecular flexibility index (Phi) is 5.77. The van der Waals surface area contributed by atoms with Gasteiger partial charge in [-0.2, -0.15) is 0 Å². The number of primary amides is 1. The van der Waals surface area contributed by atoms with Crippen LogP contribution in [0, 0.1) is 5.92 Å². The van der Waals surface area contributed by atoms with Crippen molar-refractivity contribution in [1.29, 1.82) is 0 Å². The third kappa shape index (κ3) is 4.75. The van der Waals surface area contributed by atoms with E-state index in [1.807, 2.05) is 20.8 Å². The van der Waals surface area contributed by atoms with Crippen molar-refractivity contribution >= 4 is 12.0 Å². The van der Waals surface area contributed by atoms with Crippen LogP contribution in [-0.4, -0.2) is 48.4 Å². The normalized spacial score (nSPS) is 24.5. The SMILES string of the molecule is COC1(CC2CCN(C(=O)OC(C)(C)C)CC2)NC=CC=C1C(N)=O. The van der Waals surface area contributed by atoms with Gasteiger partial charge in [-0.3, -0.25) is 4.79 Å². The number of nitrogens with two attached hydrogens (primary N) is 1. The largest absolute Gasteiger partial charge is 0.444 e. The summed E-state index contributed by atoms with van der Waals surface area (Å²) >= 11 is 0. The summed E-state index contributed by atoms with van der Waals surface area (Å²) in [6, 6.07) is 0. The minimum atomic E-state index is -0.903. The van der Waals surface area contributed by atoms with Crippen LogP contribution in [0.25, 0.3) is 0 Å². The van der Waals surface area contributed by atoms with Crippen molar-refractivity contribution in [2.24, 2.45) is 11.7 Å². The Hall–Kier alpha value is -2.02. The molecule has 7 heteroatoms. The molecule has 0 aliphatic carbocycles. The summed E-state index contributed by atoms with van der Waals surface area (Å²) in [5.74, 6) is -0.190. The minimum absolute atomic E-state index is 0.274. The van der Waals surface area contributed by atoms with Gasteiger partial charge in [0.25, 0.3) is 0 Å². The predicted octanol–water partition coefficient (Wildman–Crippen LogP) is 1.89. The van der Waals surface area contributed by atoms with Gasteiger partial charge in [0, 0.05) is 26.6 Å². The smallest absolute Gasteiger partial charge is 0.410 e. The fourth-order valence-corrected chi connectivity index (χ4v) is 3.29. The first-order valence-electron chi connectivity index (χ1n) is 8.65. The Labute approximate surface area is 149 Å². The van der Waals surface area contributed by atoms with Gasteiger partial charge in [0.15, 0.2) is 5.72 Å². The maximum atomic E-state index is 12.2. The molecule has 25 heavy (non-hydrogen) atoms. The highest BCUT2D eigenvalue weighted by Gasteiger charge is 2.41. The standard InChI is InChI=1S/C18H29N3O4/c1-17(2,3)25-16(23)21-10-7-13(8-11-21)12-18(24-4)14(15(19)22)6-5-9-20-18/h5-6,9,13,20H,7-8,10-12H2,1-4H3,(H2,19,22). The molecule has 1 atom stereocenters. The molecule has 7 nitrogen and oxygen atoms in total. The number of piperidine rings is 1. The minimum Gasteiger partial charge on any atom is -0.444 e. The average molecular weight is 351 g/mol. The number of carbonyl (C=O) groups excluding carboxylic acids is 2. The summed E-state index contributed by atoms with van der Waals surface area (Å²) in [4.78, 5) is 25.7. The molecule has 0 spiro atoms. The molecule has 2 heterocycles. The number of likely N-dealkylation sites (tertiary alicyclic amines) is 1. The molecule has 2 rings (SSSR count). The number of carbonyl (C=O) groups is 2. The highest BCUT2D eigenvalue weighted by Crippen LogP contribution is 2.33. The van der Waals surface area contributed by atoms with Gasteiger partial charge in [0.05, 0.1) is 5.57 Å². The van der Waals surface area contributed by atoms with Gasteiger partial charge in [-0.15, -0.1) is 0 Å². The van der Waals surface area contributed by atoms with E-state index in [0.29, 0.717) is 31.0 Å². The molecule has 2 aliphatic heterocycles. The van der Waals surface area contributed by atoms with Crippen LogP contribution in [0.5, 0.6) is 0 Å². The summed E-state index contributed by atoms with van der Waals surface area (Å²) in [5, 5.41) is 3.15. The van der Waals surface area contributed by atoms with Crippen LogP contribution in [0.15, 0.2) is 23.9 Å². The average Bonchev–Trinajstić information content (AvgIpc) is 2.54. The van der Waals surface area contributed by atoms with E-state index in [1.54, 1.807) is 30.4 Å².